The fraction of sp³-hybridized carbons (Fsp3) is 0.0952. The number of hydrogen-bond acceptors (Lipinski definition) is 4. The molecule has 4 nitrogen and oxygen atoms in total. The monoisotopic (exact) mass is 324 g/mol. The van der Waals surface area contributed by atoms with Crippen LogP contribution in [-0.2, 0) is 0 Å². The first-order chi connectivity index (χ1) is 12.0. The largest absolute Gasteiger partial charge is 0.383 e. The molecule has 0 radical (unpaired) electrons. The molecule has 3 rings (SSSR count). The smallest absolute Gasteiger partial charge is 0.142 e. The van der Waals surface area contributed by atoms with Crippen molar-refractivity contribution in [3.05, 3.63) is 70.8 Å². The number of nitrogens with zero attached hydrogens (tertiary/aromatic N) is 3. The van der Waals surface area contributed by atoms with Crippen molar-refractivity contribution in [1.29, 1.82) is 10.5 Å². The van der Waals surface area contributed by atoms with Gasteiger partial charge in [0.05, 0.1) is 17.3 Å². The minimum absolute atomic E-state index is 0.208. The number of rotatable bonds is 2. The lowest BCUT2D eigenvalue weighted by Crippen LogP contribution is -2.00. The van der Waals surface area contributed by atoms with E-state index in [4.69, 9.17) is 11.0 Å². The lowest BCUT2D eigenvalue weighted by molar-refractivity contribution is 1.30. The molecule has 0 saturated carbocycles. The van der Waals surface area contributed by atoms with Crippen LogP contribution in [0, 0.1) is 36.5 Å². The number of benzene rings is 2. The van der Waals surface area contributed by atoms with Crippen molar-refractivity contribution < 1.29 is 0 Å². The maximum Gasteiger partial charge on any atom is 0.142 e. The summed E-state index contributed by atoms with van der Waals surface area (Å²) in [7, 11) is 0. The summed E-state index contributed by atoms with van der Waals surface area (Å²) in [4.78, 5) is 4.38. The first kappa shape index (κ1) is 16.2. The van der Waals surface area contributed by atoms with E-state index in [0.717, 1.165) is 27.8 Å². The van der Waals surface area contributed by atoms with E-state index in [0.29, 0.717) is 16.8 Å². The molecule has 0 spiro atoms. The molecule has 2 N–H and O–H groups in total. The van der Waals surface area contributed by atoms with Crippen LogP contribution in [-0.4, -0.2) is 4.98 Å². The molecule has 120 valence electrons. The van der Waals surface area contributed by atoms with Crippen molar-refractivity contribution in [2.75, 3.05) is 5.73 Å². The molecule has 25 heavy (non-hydrogen) atoms. The molecule has 0 unspecified atom stereocenters. The summed E-state index contributed by atoms with van der Waals surface area (Å²) < 4.78 is 0. The number of hydrogen-bond donors (Lipinski definition) is 1. The van der Waals surface area contributed by atoms with E-state index in [2.05, 4.69) is 23.2 Å². The van der Waals surface area contributed by atoms with E-state index in [9.17, 15) is 5.26 Å². The third kappa shape index (κ3) is 3.06. The number of aromatic nitrogens is 1. The molecule has 2 aromatic carbocycles. The highest BCUT2D eigenvalue weighted by molar-refractivity contribution is 5.81. The molecule has 0 aliphatic rings. The molecule has 1 aromatic heterocycles. The Bertz CT molecular complexity index is 1040. The maximum atomic E-state index is 9.53. The molecule has 3 aromatic rings. The fourth-order valence-electron chi connectivity index (χ4n) is 2.87. The highest BCUT2D eigenvalue weighted by atomic mass is 14.8. The number of pyridine rings is 1. The highest BCUT2D eigenvalue weighted by Gasteiger charge is 2.15. The first-order valence-electron chi connectivity index (χ1n) is 7.82. The van der Waals surface area contributed by atoms with Crippen LogP contribution in [0.1, 0.15) is 22.3 Å². The van der Waals surface area contributed by atoms with E-state index in [1.54, 1.807) is 12.1 Å². The van der Waals surface area contributed by atoms with Crippen LogP contribution in [0.25, 0.3) is 22.4 Å². The minimum atomic E-state index is 0.208. The topological polar surface area (TPSA) is 86.5 Å². The first-order valence-corrected chi connectivity index (χ1v) is 7.82. The van der Waals surface area contributed by atoms with Gasteiger partial charge < -0.3 is 5.73 Å². The second-order valence-corrected chi connectivity index (χ2v) is 5.93. The number of aryl methyl sites for hydroxylation is 2. The SMILES string of the molecule is Cc1ccc(-c2cc(-c3ccc(C#N)cc3)nc(N)c2C#N)c(C)c1. The maximum absolute atomic E-state index is 9.53. The third-order valence-electron chi connectivity index (χ3n) is 4.14. The van der Waals surface area contributed by atoms with Crippen LogP contribution in [0.5, 0.6) is 0 Å². The van der Waals surface area contributed by atoms with Crippen LogP contribution in [0.2, 0.25) is 0 Å². The molecule has 0 bridgehead atoms. The predicted octanol–water partition coefficient (Wildman–Crippen LogP) is 4.36. The van der Waals surface area contributed by atoms with Gasteiger partial charge in [-0.15, -0.1) is 0 Å². The average molecular weight is 324 g/mol. The third-order valence-corrected chi connectivity index (χ3v) is 4.14. The van der Waals surface area contributed by atoms with E-state index >= 15 is 0 Å². The zero-order valence-electron chi connectivity index (χ0n) is 14.0. The molecule has 0 saturated heterocycles. The van der Waals surface area contributed by atoms with Gasteiger partial charge in [-0.1, -0.05) is 35.9 Å². The standard InChI is InChI=1S/C21H16N4/c1-13-3-8-17(14(2)9-13)18-10-20(25-21(24)19(18)12-23)16-6-4-15(11-22)5-7-16/h3-10H,1-2H3,(H2,24,25). The van der Waals surface area contributed by atoms with Gasteiger partial charge >= 0.3 is 0 Å². The van der Waals surface area contributed by atoms with Crippen LogP contribution in [0.3, 0.4) is 0 Å². The Kier molecular flexibility index (Phi) is 4.20. The summed E-state index contributed by atoms with van der Waals surface area (Å²) in [6.07, 6.45) is 0. The van der Waals surface area contributed by atoms with Gasteiger partial charge in [0.25, 0.3) is 0 Å². The summed E-state index contributed by atoms with van der Waals surface area (Å²) in [5, 5.41) is 18.5. The van der Waals surface area contributed by atoms with Gasteiger partial charge in [-0.05, 0) is 43.2 Å². The minimum Gasteiger partial charge on any atom is -0.383 e. The number of nitriles is 2. The Morgan fingerprint density at radius 3 is 2.20 bits per heavy atom. The average Bonchev–Trinajstić information content (AvgIpc) is 2.61. The van der Waals surface area contributed by atoms with Gasteiger partial charge in [-0.25, -0.2) is 4.98 Å². The molecule has 0 fully saturated rings. The van der Waals surface area contributed by atoms with Crippen LogP contribution < -0.4 is 5.73 Å². The Labute approximate surface area is 146 Å². The van der Waals surface area contributed by atoms with Gasteiger partial charge in [0.1, 0.15) is 17.5 Å². The molecule has 1 heterocycles. The van der Waals surface area contributed by atoms with Crippen molar-refractivity contribution >= 4 is 5.82 Å². The van der Waals surface area contributed by atoms with E-state index in [1.807, 2.05) is 44.2 Å². The number of nitrogen functional groups attached to an aromatic ring is 1. The molecule has 0 atom stereocenters. The second-order valence-electron chi connectivity index (χ2n) is 5.93. The number of nitrogens with two attached hydrogens (primary N) is 1. The molecular formula is C21H16N4. The van der Waals surface area contributed by atoms with Gasteiger partial charge in [0, 0.05) is 11.1 Å². The van der Waals surface area contributed by atoms with E-state index < -0.39 is 0 Å². The Morgan fingerprint density at radius 1 is 0.880 bits per heavy atom. The molecule has 0 aliphatic carbocycles. The van der Waals surface area contributed by atoms with Gasteiger partial charge in [0.15, 0.2) is 0 Å². The predicted molar refractivity (Wildman–Crippen MR) is 98.4 cm³/mol. The van der Waals surface area contributed by atoms with Crippen molar-refractivity contribution in [2.24, 2.45) is 0 Å². The van der Waals surface area contributed by atoms with Crippen molar-refractivity contribution in [2.45, 2.75) is 13.8 Å². The van der Waals surface area contributed by atoms with E-state index in [-0.39, 0.29) is 5.82 Å². The zero-order valence-corrected chi connectivity index (χ0v) is 14.0. The summed E-state index contributed by atoms with van der Waals surface area (Å²) >= 11 is 0. The molecule has 0 aliphatic heterocycles. The second kappa shape index (κ2) is 6.47. The van der Waals surface area contributed by atoms with E-state index in [1.165, 1.54) is 0 Å². The van der Waals surface area contributed by atoms with Gasteiger partial charge in [-0.3, -0.25) is 0 Å². The summed E-state index contributed by atoms with van der Waals surface area (Å²) in [5.74, 6) is 0.208. The molecule has 4 heteroatoms. The summed E-state index contributed by atoms with van der Waals surface area (Å²) in [6, 6.07) is 19.4. The van der Waals surface area contributed by atoms with Crippen LogP contribution in [0.15, 0.2) is 48.5 Å². The molecular weight excluding hydrogens is 308 g/mol. The Morgan fingerprint density at radius 2 is 1.60 bits per heavy atom. The van der Waals surface area contributed by atoms with Gasteiger partial charge in [0.2, 0.25) is 0 Å². The van der Waals surface area contributed by atoms with Gasteiger partial charge in [-0.2, -0.15) is 10.5 Å². The van der Waals surface area contributed by atoms with Crippen molar-refractivity contribution in [3.63, 3.8) is 0 Å². The van der Waals surface area contributed by atoms with Crippen LogP contribution >= 0.6 is 0 Å². The molecule has 0 amide bonds. The van der Waals surface area contributed by atoms with Crippen molar-refractivity contribution in [3.8, 4) is 34.5 Å². The summed E-state index contributed by atoms with van der Waals surface area (Å²) in [5.41, 5.74) is 12.5. The fourth-order valence-corrected chi connectivity index (χ4v) is 2.87. The number of anilines is 1. The lowest BCUT2D eigenvalue weighted by atomic mass is 9.94. The Balaban J connectivity index is 2.22. The Hall–Kier alpha value is -3.63. The van der Waals surface area contributed by atoms with Crippen molar-refractivity contribution in [1.82, 2.24) is 4.98 Å². The normalized spacial score (nSPS) is 10.1. The highest BCUT2D eigenvalue weighted by Crippen LogP contribution is 2.33. The summed E-state index contributed by atoms with van der Waals surface area (Å²) in [6.45, 7) is 4.05. The zero-order chi connectivity index (χ0) is 18.0. The quantitative estimate of drug-likeness (QED) is 0.759. The lowest BCUT2D eigenvalue weighted by Gasteiger charge is -2.13. The van der Waals surface area contributed by atoms with Crippen LogP contribution in [0.4, 0.5) is 5.82 Å².